The van der Waals surface area contributed by atoms with Crippen LogP contribution in [0.5, 0.6) is 0 Å². The number of nitrogens with one attached hydrogen (secondary N) is 2. The van der Waals surface area contributed by atoms with E-state index in [2.05, 4.69) is 10.3 Å². The van der Waals surface area contributed by atoms with Gasteiger partial charge in [-0.05, 0) is 25.2 Å². The molecule has 0 saturated heterocycles. The van der Waals surface area contributed by atoms with E-state index in [1.54, 1.807) is 19.3 Å². The molecule has 0 saturated carbocycles. The van der Waals surface area contributed by atoms with Gasteiger partial charge >= 0.3 is 0 Å². The topological polar surface area (TPSA) is 44.9 Å². The third-order valence-corrected chi connectivity index (χ3v) is 2.28. The first-order chi connectivity index (χ1) is 7.22. The fraction of sp³-hybridized carbons (Fsp3) is 0.182. The van der Waals surface area contributed by atoms with Crippen LogP contribution < -0.4 is 5.32 Å². The molecule has 1 aromatic heterocycles. The predicted molar refractivity (Wildman–Crippen MR) is 63.8 cm³/mol. The van der Waals surface area contributed by atoms with Gasteiger partial charge in [-0.3, -0.25) is 4.79 Å². The number of hydrogen-bond acceptors (Lipinski definition) is 2. The van der Waals surface area contributed by atoms with Gasteiger partial charge in [0.2, 0.25) is 0 Å². The lowest BCUT2D eigenvalue weighted by Gasteiger charge is -1.97. The third kappa shape index (κ3) is 2.23. The highest BCUT2D eigenvalue weighted by Crippen LogP contribution is 2.19. The second kappa shape index (κ2) is 5.09. The number of H-pyrrole nitrogens is 1. The molecule has 3 nitrogen and oxygen atoms in total. The second-order valence-corrected chi connectivity index (χ2v) is 3.35. The van der Waals surface area contributed by atoms with Crippen LogP contribution in [0.15, 0.2) is 24.4 Å². The van der Waals surface area contributed by atoms with E-state index in [0.717, 1.165) is 5.52 Å². The number of benzene rings is 1. The van der Waals surface area contributed by atoms with Crippen LogP contribution >= 0.6 is 12.4 Å². The minimum Gasteiger partial charge on any atom is -0.360 e. The maximum atomic E-state index is 13.0. The van der Waals surface area contributed by atoms with Crippen molar-refractivity contribution in [2.75, 3.05) is 13.6 Å². The number of ketones is 1. The molecule has 0 bridgehead atoms. The number of rotatable bonds is 3. The summed E-state index contributed by atoms with van der Waals surface area (Å²) in [6.07, 6.45) is 1.61. The molecule has 0 atom stereocenters. The molecule has 2 N–H and O–H groups in total. The summed E-state index contributed by atoms with van der Waals surface area (Å²) in [6, 6.07) is 4.36. The van der Waals surface area contributed by atoms with Crippen LogP contribution in [0, 0.1) is 5.82 Å². The minimum atomic E-state index is -0.333. The molecule has 1 heterocycles. The lowest BCUT2D eigenvalue weighted by molar-refractivity contribution is 0.0995. The summed E-state index contributed by atoms with van der Waals surface area (Å²) in [4.78, 5) is 14.6. The molecule has 0 unspecified atom stereocenters. The van der Waals surface area contributed by atoms with Crippen molar-refractivity contribution >= 4 is 29.1 Å². The SMILES string of the molecule is CNCC(=O)c1c[nH]c2ccc(F)cc12.Cl. The smallest absolute Gasteiger partial charge is 0.178 e. The van der Waals surface area contributed by atoms with Crippen molar-refractivity contribution in [3.8, 4) is 0 Å². The van der Waals surface area contributed by atoms with Gasteiger partial charge in [-0.1, -0.05) is 0 Å². The fourth-order valence-corrected chi connectivity index (χ4v) is 1.58. The highest BCUT2D eigenvalue weighted by atomic mass is 35.5. The highest BCUT2D eigenvalue weighted by Gasteiger charge is 2.11. The maximum Gasteiger partial charge on any atom is 0.178 e. The number of carbonyl (C=O) groups excluding carboxylic acids is 1. The van der Waals surface area contributed by atoms with Gasteiger partial charge in [0.1, 0.15) is 5.82 Å². The summed E-state index contributed by atoms with van der Waals surface area (Å²) in [6.45, 7) is 0.253. The number of likely N-dealkylation sites (N-methyl/N-ethyl adjacent to an activating group) is 1. The number of halogens is 2. The van der Waals surface area contributed by atoms with Gasteiger partial charge in [-0.15, -0.1) is 12.4 Å². The number of hydrogen-bond donors (Lipinski definition) is 2. The van der Waals surface area contributed by atoms with E-state index in [4.69, 9.17) is 0 Å². The second-order valence-electron chi connectivity index (χ2n) is 3.35. The van der Waals surface area contributed by atoms with Crippen LogP contribution in [0.3, 0.4) is 0 Å². The molecule has 2 aromatic rings. The summed E-state index contributed by atoms with van der Waals surface area (Å²) in [5.41, 5.74) is 1.30. The van der Waals surface area contributed by atoms with Gasteiger partial charge in [0, 0.05) is 22.7 Å². The average molecular weight is 243 g/mol. The largest absolute Gasteiger partial charge is 0.360 e. The van der Waals surface area contributed by atoms with Crippen LogP contribution in [0.25, 0.3) is 10.9 Å². The molecule has 0 aliphatic rings. The van der Waals surface area contributed by atoms with E-state index < -0.39 is 0 Å². The Kier molecular flexibility index (Phi) is 4.04. The Morgan fingerprint density at radius 2 is 2.25 bits per heavy atom. The van der Waals surface area contributed by atoms with Crippen LogP contribution in [0.4, 0.5) is 4.39 Å². The molecule has 86 valence electrons. The van der Waals surface area contributed by atoms with Gasteiger partial charge in [-0.25, -0.2) is 4.39 Å². The Hall–Kier alpha value is -1.39. The zero-order valence-corrected chi connectivity index (χ0v) is 9.53. The quantitative estimate of drug-likeness (QED) is 0.810. The summed E-state index contributed by atoms with van der Waals surface area (Å²) in [7, 11) is 1.70. The first-order valence-corrected chi connectivity index (χ1v) is 4.67. The highest BCUT2D eigenvalue weighted by molar-refractivity contribution is 6.08. The average Bonchev–Trinajstić information content (AvgIpc) is 2.60. The van der Waals surface area contributed by atoms with E-state index in [-0.39, 0.29) is 30.6 Å². The van der Waals surface area contributed by atoms with E-state index in [9.17, 15) is 9.18 Å². The zero-order chi connectivity index (χ0) is 10.8. The van der Waals surface area contributed by atoms with E-state index >= 15 is 0 Å². The zero-order valence-electron chi connectivity index (χ0n) is 8.71. The Labute approximate surface area is 98.4 Å². The van der Waals surface area contributed by atoms with Crippen molar-refractivity contribution in [3.63, 3.8) is 0 Å². The van der Waals surface area contributed by atoms with E-state index in [0.29, 0.717) is 10.9 Å². The third-order valence-electron chi connectivity index (χ3n) is 2.28. The van der Waals surface area contributed by atoms with Gasteiger partial charge in [0.15, 0.2) is 5.78 Å². The molecule has 1 aromatic carbocycles. The maximum absolute atomic E-state index is 13.0. The fourth-order valence-electron chi connectivity index (χ4n) is 1.58. The van der Waals surface area contributed by atoms with Crippen LogP contribution in [-0.2, 0) is 0 Å². The molecule has 0 fully saturated rings. The number of Topliss-reactive ketones (excluding diaryl/α,β-unsaturated/α-hetero) is 1. The first kappa shape index (κ1) is 12.7. The Morgan fingerprint density at radius 1 is 1.50 bits per heavy atom. The number of aromatic amines is 1. The van der Waals surface area contributed by atoms with Gasteiger partial charge < -0.3 is 10.3 Å². The first-order valence-electron chi connectivity index (χ1n) is 4.67. The standard InChI is InChI=1S/C11H11FN2O.ClH/c1-13-6-11(15)9-5-14-10-3-2-7(12)4-8(9)10;/h2-5,13-14H,6H2,1H3;1H. The Bertz CT molecular complexity index is 510. The summed E-state index contributed by atoms with van der Waals surface area (Å²) in [5.74, 6) is -0.380. The van der Waals surface area contributed by atoms with Crippen molar-refractivity contribution in [2.45, 2.75) is 0 Å². The Morgan fingerprint density at radius 3 is 2.94 bits per heavy atom. The minimum absolute atomic E-state index is 0. The van der Waals surface area contributed by atoms with Crippen molar-refractivity contribution in [1.82, 2.24) is 10.3 Å². The molecule has 0 spiro atoms. The summed E-state index contributed by atoms with van der Waals surface area (Å²) < 4.78 is 13.0. The molecule has 16 heavy (non-hydrogen) atoms. The molecule has 0 radical (unpaired) electrons. The van der Waals surface area contributed by atoms with Gasteiger partial charge in [0.25, 0.3) is 0 Å². The van der Waals surface area contributed by atoms with Crippen LogP contribution in [0.2, 0.25) is 0 Å². The molecule has 2 rings (SSSR count). The summed E-state index contributed by atoms with van der Waals surface area (Å²) in [5, 5.41) is 3.41. The molecular weight excluding hydrogens is 231 g/mol. The molecule has 5 heteroatoms. The molecular formula is C11H12ClFN2O. The Balaban J connectivity index is 0.00000128. The van der Waals surface area contributed by atoms with Crippen molar-refractivity contribution in [2.24, 2.45) is 0 Å². The van der Waals surface area contributed by atoms with Crippen molar-refractivity contribution in [1.29, 1.82) is 0 Å². The molecule has 0 amide bonds. The number of fused-ring (bicyclic) bond motifs is 1. The monoisotopic (exact) mass is 242 g/mol. The number of aromatic nitrogens is 1. The van der Waals surface area contributed by atoms with Gasteiger partial charge in [-0.2, -0.15) is 0 Å². The van der Waals surface area contributed by atoms with Gasteiger partial charge in [0.05, 0.1) is 6.54 Å². The lowest BCUT2D eigenvalue weighted by atomic mass is 10.1. The van der Waals surface area contributed by atoms with Crippen LogP contribution in [-0.4, -0.2) is 24.4 Å². The normalized spacial score (nSPS) is 10.1. The molecule has 0 aliphatic carbocycles. The lowest BCUT2D eigenvalue weighted by Crippen LogP contribution is -2.18. The number of carbonyl (C=O) groups is 1. The van der Waals surface area contributed by atoms with E-state index in [1.165, 1.54) is 12.1 Å². The molecule has 0 aliphatic heterocycles. The van der Waals surface area contributed by atoms with Crippen LogP contribution in [0.1, 0.15) is 10.4 Å². The predicted octanol–water partition coefficient (Wildman–Crippen LogP) is 2.13. The van der Waals surface area contributed by atoms with Crippen molar-refractivity contribution < 1.29 is 9.18 Å². The van der Waals surface area contributed by atoms with Crippen molar-refractivity contribution in [3.05, 3.63) is 35.8 Å². The van der Waals surface area contributed by atoms with E-state index in [1.807, 2.05) is 0 Å². The summed E-state index contributed by atoms with van der Waals surface area (Å²) >= 11 is 0.